The number of aryl methyl sites for hydroxylation is 1. The van der Waals surface area contributed by atoms with E-state index in [2.05, 4.69) is 20.1 Å². The molecule has 0 saturated heterocycles. The van der Waals surface area contributed by atoms with Crippen LogP contribution in [0.2, 0.25) is 0 Å². The number of Topliss-reactive ketones (excluding diaryl/α,β-unsaturated/α-hetero) is 1. The second-order valence-electron chi connectivity index (χ2n) is 6.49. The van der Waals surface area contributed by atoms with E-state index in [1.807, 2.05) is 6.26 Å². The van der Waals surface area contributed by atoms with Crippen molar-refractivity contribution in [2.75, 3.05) is 12.8 Å². The van der Waals surface area contributed by atoms with Gasteiger partial charge in [-0.1, -0.05) is 24.6 Å². The van der Waals surface area contributed by atoms with Crippen molar-refractivity contribution in [1.82, 2.24) is 20.1 Å². The summed E-state index contributed by atoms with van der Waals surface area (Å²) in [6, 6.07) is 3.93. The molecule has 3 rings (SSSR count). The van der Waals surface area contributed by atoms with Crippen molar-refractivity contribution in [1.29, 1.82) is 0 Å². The molecule has 8 heteroatoms. The molecular formula is C18H24N4O2S2. The fourth-order valence-electron chi connectivity index (χ4n) is 3.33. The maximum Gasteiger partial charge on any atom is 0.261 e. The Balaban J connectivity index is 1.52. The quantitative estimate of drug-likeness (QED) is 0.421. The summed E-state index contributed by atoms with van der Waals surface area (Å²) >= 11 is 2.88. The van der Waals surface area contributed by atoms with Crippen LogP contribution in [0.3, 0.4) is 0 Å². The molecular weight excluding hydrogens is 368 g/mol. The van der Waals surface area contributed by atoms with Gasteiger partial charge in [0.25, 0.3) is 5.91 Å². The van der Waals surface area contributed by atoms with E-state index in [-0.39, 0.29) is 11.7 Å². The van der Waals surface area contributed by atoms with Gasteiger partial charge in [-0.2, -0.15) is 0 Å². The first-order valence-electron chi connectivity index (χ1n) is 8.97. The highest BCUT2D eigenvalue weighted by Crippen LogP contribution is 2.33. The van der Waals surface area contributed by atoms with Crippen molar-refractivity contribution in [2.24, 2.45) is 0 Å². The molecule has 1 saturated carbocycles. The van der Waals surface area contributed by atoms with Gasteiger partial charge in [0.15, 0.2) is 10.9 Å². The maximum absolute atomic E-state index is 12.2. The van der Waals surface area contributed by atoms with Crippen LogP contribution in [0.1, 0.15) is 70.2 Å². The Morgan fingerprint density at radius 1 is 1.27 bits per heavy atom. The molecule has 140 valence electrons. The van der Waals surface area contributed by atoms with Crippen molar-refractivity contribution in [3.8, 4) is 0 Å². The highest BCUT2D eigenvalue weighted by atomic mass is 32.2. The number of nitrogens with one attached hydrogen (secondary N) is 1. The molecule has 0 spiro atoms. The van der Waals surface area contributed by atoms with Crippen LogP contribution in [0, 0.1) is 0 Å². The number of thioether (sulfide) groups is 1. The monoisotopic (exact) mass is 392 g/mol. The number of amides is 1. The van der Waals surface area contributed by atoms with E-state index in [0.717, 1.165) is 23.8 Å². The van der Waals surface area contributed by atoms with Crippen LogP contribution in [0.5, 0.6) is 0 Å². The summed E-state index contributed by atoms with van der Waals surface area (Å²) in [5.74, 6) is 0.889. The van der Waals surface area contributed by atoms with Crippen molar-refractivity contribution in [3.05, 3.63) is 27.7 Å². The van der Waals surface area contributed by atoms with Crippen molar-refractivity contribution in [2.45, 2.75) is 56.6 Å². The lowest BCUT2D eigenvalue weighted by Crippen LogP contribution is -2.24. The smallest absolute Gasteiger partial charge is 0.261 e. The summed E-state index contributed by atoms with van der Waals surface area (Å²) in [6.45, 7) is 2.09. The van der Waals surface area contributed by atoms with Gasteiger partial charge >= 0.3 is 0 Å². The Kier molecular flexibility index (Phi) is 6.48. The fraction of sp³-hybridized carbons (Fsp3) is 0.556. The summed E-state index contributed by atoms with van der Waals surface area (Å²) < 4.78 is 2.30. The number of carbonyl (C=O) groups excluding carboxylic acids is 2. The molecule has 2 heterocycles. The molecule has 1 amide bonds. The molecule has 26 heavy (non-hydrogen) atoms. The molecule has 2 aromatic heterocycles. The third-order valence-electron chi connectivity index (χ3n) is 4.65. The number of nitrogens with zero attached hydrogens (tertiary/aromatic N) is 3. The van der Waals surface area contributed by atoms with E-state index in [1.165, 1.54) is 43.9 Å². The third kappa shape index (κ3) is 4.35. The minimum absolute atomic E-state index is 0.00935. The van der Waals surface area contributed by atoms with E-state index >= 15 is 0 Å². The molecule has 2 aromatic rings. The number of aromatic nitrogens is 3. The van der Waals surface area contributed by atoms with Gasteiger partial charge in [0.1, 0.15) is 5.82 Å². The van der Waals surface area contributed by atoms with Gasteiger partial charge in [0, 0.05) is 19.0 Å². The van der Waals surface area contributed by atoms with Crippen LogP contribution in [0.15, 0.2) is 17.3 Å². The molecule has 0 atom stereocenters. The summed E-state index contributed by atoms with van der Waals surface area (Å²) in [6.07, 6.45) is 8.60. The first-order valence-corrected chi connectivity index (χ1v) is 11.0. The predicted molar refractivity (Wildman–Crippen MR) is 104 cm³/mol. The molecule has 1 N–H and O–H groups in total. The minimum Gasteiger partial charge on any atom is -0.351 e. The van der Waals surface area contributed by atoms with Crippen LogP contribution in [-0.4, -0.2) is 39.3 Å². The number of ketones is 1. The van der Waals surface area contributed by atoms with Gasteiger partial charge in [-0.15, -0.1) is 21.5 Å². The molecule has 1 aliphatic rings. The Bertz CT molecular complexity index is 778. The molecule has 1 fully saturated rings. The first-order chi connectivity index (χ1) is 12.6. The van der Waals surface area contributed by atoms with Gasteiger partial charge in [-0.25, -0.2) is 0 Å². The minimum atomic E-state index is -0.121. The normalized spacial score (nSPS) is 14.7. The Labute approximate surface area is 161 Å². The average molecular weight is 393 g/mol. The predicted octanol–water partition coefficient (Wildman–Crippen LogP) is 3.74. The third-order valence-corrected chi connectivity index (χ3v) is 6.48. The van der Waals surface area contributed by atoms with Gasteiger partial charge in [0.2, 0.25) is 0 Å². The first kappa shape index (κ1) is 19.1. The Morgan fingerprint density at radius 2 is 2.00 bits per heavy atom. The van der Waals surface area contributed by atoms with E-state index < -0.39 is 0 Å². The summed E-state index contributed by atoms with van der Waals surface area (Å²) in [4.78, 5) is 24.7. The maximum atomic E-state index is 12.2. The Hall–Kier alpha value is -1.67. The summed E-state index contributed by atoms with van der Waals surface area (Å²) in [7, 11) is 0. The van der Waals surface area contributed by atoms with Gasteiger partial charge in [-0.05, 0) is 44.6 Å². The average Bonchev–Trinajstić information content (AvgIpc) is 3.38. The standard InChI is InChI=1S/C18H24N4O2S2/c1-12(23)14-9-10-15(26-14)17(24)19-11-5-8-16-20-21-18(25-2)22(16)13-6-3-4-7-13/h9-10,13H,3-8,11H2,1-2H3,(H,19,24). The lowest BCUT2D eigenvalue weighted by molar-refractivity contribution is 0.0956. The number of rotatable bonds is 8. The number of carbonyl (C=O) groups is 2. The van der Waals surface area contributed by atoms with Crippen LogP contribution in [-0.2, 0) is 6.42 Å². The molecule has 0 aromatic carbocycles. The van der Waals surface area contributed by atoms with Crippen molar-refractivity contribution in [3.63, 3.8) is 0 Å². The second-order valence-corrected chi connectivity index (χ2v) is 8.35. The number of thiophene rings is 1. The van der Waals surface area contributed by atoms with Gasteiger partial charge < -0.3 is 9.88 Å². The van der Waals surface area contributed by atoms with E-state index in [4.69, 9.17) is 0 Å². The van der Waals surface area contributed by atoms with Crippen molar-refractivity contribution >= 4 is 34.8 Å². The molecule has 0 bridgehead atoms. The van der Waals surface area contributed by atoms with Gasteiger partial charge in [0.05, 0.1) is 9.75 Å². The van der Waals surface area contributed by atoms with E-state index in [9.17, 15) is 9.59 Å². The highest BCUT2D eigenvalue weighted by molar-refractivity contribution is 7.98. The zero-order valence-corrected chi connectivity index (χ0v) is 16.8. The lowest BCUT2D eigenvalue weighted by atomic mass is 10.2. The second kappa shape index (κ2) is 8.81. The SMILES string of the molecule is CSc1nnc(CCCNC(=O)c2ccc(C(C)=O)s2)n1C1CCCC1. The van der Waals surface area contributed by atoms with E-state index in [0.29, 0.717) is 22.3 Å². The molecule has 0 aliphatic heterocycles. The zero-order valence-electron chi connectivity index (χ0n) is 15.2. The van der Waals surface area contributed by atoms with Crippen molar-refractivity contribution < 1.29 is 9.59 Å². The molecule has 6 nitrogen and oxygen atoms in total. The topological polar surface area (TPSA) is 76.9 Å². The van der Waals surface area contributed by atoms with Gasteiger partial charge in [-0.3, -0.25) is 9.59 Å². The van der Waals surface area contributed by atoms with Crippen LogP contribution in [0.4, 0.5) is 0 Å². The number of hydrogen-bond acceptors (Lipinski definition) is 6. The highest BCUT2D eigenvalue weighted by Gasteiger charge is 2.23. The lowest BCUT2D eigenvalue weighted by Gasteiger charge is -2.16. The summed E-state index contributed by atoms with van der Waals surface area (Å²) in [5, 5.41) is 12.6. The largest absolute Gasteiger partial charge is 0.351 e. The van der Waals surface area contributed by atoms with Crippen LogP contribution >= 0.6 is 23.1 Å². The number of hydrogen-bond donors (Lipinski definition) is 1. The van der Waals surface area contributed by atoms with E-state index in [1.54, 1.807) is 23.9 Å². The molecule has 0 radical (unpaired) electrons. The fourth-order valence-corrected chi connectivity index (χ4v) is 4.72. The van der Waals surface area contributed by atoms with Crippen LogP contribution in [0.25, 0.3) is 0 Å². The van der Waals surface area contributed by atoms with Crippen LogP contribution < -0.4 is 5.32 Å². The molecule has 0 unspecified atom stereocenters. The molecule has 1 aliphatic carbocycles. The summed E-state index contributed by atoms with van der Waals surface area (Å²) in [5.41, 5.74) is 0. The Morgan fingerprint density at radius 3 is 2.65 bits per heavy atom. The zero-order chi connectivity index (χ0) is 18.5.